The fraction of sp³-hybridized carbons (Fsp3) is 0.588. The van der Waals surface area contributed by atoms with Crippen LogP contribution in [0.15, 0.2) is 24.4 Å². The molecule has 1 unspecified atom stereocenters. The summed E-state index contributed by atoms with van der Waals surface area (Å²) < 4.78 is 2.02. The van der Waals surface area contributed by atoms with Gasteiger partial charge in [0, 0.05) is 25.2 Å². The third-order valence-corrected chi connectivity index (χ3v) is 4.64. The third kappa shape index (κ3) is 3.08. The minimum absolute atomic E-state index is 0.0380. The number of nitrogens with two attached hydrogens (primary N) is 1. The molecule has 1 fully saturated rings. The second-order valence-electron chi connectivity index (χ2n) is 7.45. The van der Waals surface area contributed by atoms with Crippen molar-refractivity contribution in [2.24, 2.45) is 11.1 Å². The molecule has 2 aromatic rings. The van der Waals surface area contributed by atoms with Gasteiger partial charge in [0.1, 0.15) is 5.82 Å². The van der Waals surface area contributed by atoms with Gasteiger partial charge in [-0.2, -0.15) is 0 Å². The third-order valence-electron chi connectivity index (χ3n) is 4.64. The Kier molecular flexibility index (Phi) is 4.10. The SMILES string of the molecule is CC(C)(C)[C@H](N)C(=O)N1CCCC(c2nnc3ccccn23)C1. The monoisotopic (exact) mass is 315 g/mol. The molecule has 0 aliphatic carbocycles. The molecule has 23 heavy (non-hydrogen) atoms. The van der Waals surface area contributed by atoms with Crippen LogP contribution in [-0.4, -0.2) is 44.5 Å². The van der Waals surface area contributed by atoms with E-state index in [0.717, 1.165) is 30.9 Å². The first kappa shape index (κ1) is 15.9. The second-order valence-corrected chi connectivity index (χ2v) is 7.45. The number of carbonyl (C=O) groups excluding carboxylic acids is 1. The van der Waals surface area contributed by atoms with Crippen LogP contribution < -0.4 is 5.73 Å². The Balaban J connectivity index is 1.80. The van der Waals surface area contributed by atoms with Crippen LogP contribution >= 0.6 is 0 Å². The van der Waals surface area contributed by atoms with Crippen molar-refractivity contribution in [2.75, 3.05) is 13.1 Å². The zero-order valence-corrected chi connectivity index (χ0v) is 14.1. The molecule has 3 rings (SSSR count). The largest absolute Gasteiger partial charge is 0.341 e. The second kappa shape index (κ2) is 5.92. The lowest BCUT2D eigenvalue weighted by Gasteiger charge is -2.36. The van der Waals surface area contributed by atoms with Gasteiger partial charge in [-0.1, -0.05) is 26.8 Å². The van der Waals surface area contributed by atoms with Gasteiger partial charge in [0.25, 0.3) is 0 Å². The fourth-order valence-electron chi connectivity index (χ4n) is 3.09. The highest BCUT2D eigenvalue weighted by Gasteiger charge is 2.34. The van der Waals surface area contributed by atoms with Crippen LogP contribution in [0.3, 0.4) is 0 Å². The molecule has 1 saturated heterocycles. The van der Waals surface area contributed by atoms with Gasteiger partial charge in [0.05, 0.1) is 6.04 Å². The highest BCUT2D eigenvalue weighted by atomic mass is 16.2. The number of hydrogen-bond acceptors (Lipinski definition) is 4. The average Bonchev–Trinajstić information content (AvgIpc) is 2.97. The molecule has 6 nitrogen and oxygen atoms in total. The molecule has 1 amide bonds. The van der Waals surface area contributed by atoms with E-state index in [1.54, 1.807) is 0 Å². The van der Waals surface area contributed by atoms with E-state index in [9.17, 15) is 4.79 Å². The lowest BCUT2D eigenvalue weighted by molar-refractivity contribution is -0.136. The summed E-state index contributed by atoms with van der Waals surface area (Å²) in [5, 5.41) is 8.57. The van der Waals surface area contributed by atoms with Gasteiger partial charge in [-0.15, -0.1) is 10.2 Å². The van der Waals surface area contributed by atoms with Gasteiger partial charge in [-0.3, -0.25) is 9.20 Å². The van der Waals surface area contributed by atoms with Crippen molar-refractivity contribution in [2.45, 2.75) is 45.6 Å². The molecule has 0 bridgehead atoms. The van der Waals surface area contributed by atoms with E-state index in [0.29, 0.717) is 6.54 Å². The van der Waals surface area contributed by atoms with Crippen LogP contribution in [0, 0.1) is 5.41 Å². The van der Waals surface area contributed by atoms with Crippen LogP contribution in [-0.2, 0) is 4.79 Å². The summed E-state index contributed by atoms with van der Waals surface area (Å²) in [6, 6.07) is 5.39. The van der Waals surface area contributed by atoms with E-state index >= 15 is 0 Å². The van der Waals surface area contributed by atoms with Gasteiger partial charge in [-0.25, -0.2) is 0 Å². The van der Waals surface area contributed by atoms with E-state index in [2.05, 4.69) is 10.2 Å². The van der Waals surface area contributed by atoms with Gasteiger partial charge < -0.3 is 10.6 Å². The maximum Gasteiger partial charge on any atom is 0.240 e. The Hall–Kier alpha value is -1.95. The van der Waals surface area contributed by atoms with E-state index in [4.69, 9.17) is 5.73 Å². The predicted octanol–water partition coefficient (Wildman–Crippen LogP) is 1.81. The van der Waals surface area contributed by atoms with E-state index < -0.39 is 6.04 Å². The molecule has 0 aromatic carbocycles. The number of fused-ring (bicyclic) bond motifs is 1. The highest BCUT2D eigenvalue weighted by Crippen LogP contribution is 2.28. The molecular formula is C17H25N5O. The first-order valence-electron chi connectivity index (χ1n) is 8.22. The van der Waals surface area contributed by atoms with Crippen molar-refractivity contribution in [1.82, 2.24) is 19.5 Å². The predicted molar refractivity (Wildman–Crippen MR) is 89.0 cm³/mol. The standard InChI is InChI=1S/C17H25N5O/c1-17(2,3)14(18)16(23)21-9-6-7-12(11-21)15-20-19-13-8-4-5-10-22(13)15/h4-5,8,10,12,14H,6-7,9,11,18H2,1-3H3/t12?,14-/m1/s1. The number of nitrogens with zero attached hydrogens (tertiary/aromatic N) is 4. The maximum atomic E-state index is 12.7. The molecule has 124 valence electrons. The van der Waals surface area contributed by atoms with Gasteiger partial charge in [0.15, 0.2) is 5.65 Å². The quantitative estimate of drug-likeness (QED) is 0.917. The van der Waals surface area contributed by atoms with Crippen molar-refractivity contribution < 1.29 is 4.79 Å². The molecule has 1 aliphatic heterocycles. The summed E-state index contributed by atoms with van der Waals surface area (Å²) in [6.07, 6.45) is 3.96. The number of rotatable bonds is 2. The summed E-state index contributed by atoms with van der Waals surface area (Å²) in [7, 11) is 0. The topological polar surface area (TPSA) is 76.5 Å². The molecule has 2 atom stereocenters. The zero-order valence-electron chi connectivity index (χ0n) is 14.1. The molecule has 0 saturated carbocycles. The Labute approximate surface area is 136 Å². The first-order valence-corrected chi connectivity index (χ1v) is 8.22. The number of pyridine rings is 1. The molecule has 2 N–H and O–H groups in total. The lowest BCUT2D eigenvalue weighted by Crippen LogP contribution is -2.52. The summed E-state index contributed by atoms with van der Waals surface area (Å²) in [5.74, 6) is 1.18. The fourth-order valence-corrected chi connectivity index (χ4v) is 3.09. The Morgan fingerprint density at radius 2 is 2.13 bits per heavy atom. The summed E-state index contributed by atoms with van der Waals surface area (Å²) in [5.41, 5.74) is 6.77. The van der Waals surface area contributed by atoms with Crippen LogP contribution in [0.5, 0.6) is 0 Å². The van der Waals surface area contributed by atoms with E-state index in [1.165, 1.54) is 0 Å². The van der Waals surface area contributed by atoms with Crippen molar-refractivity contribution in [3.8, 4) is 0 Å². The van der Waals surface area contributed by atoms with Crippen molar-refractivity contribution >= 4 is 11.6 Å². The number of amides is 1. The minimum atomic E-state index is -0.476. The number of hydrogen-bond donors (Lipinski definition) is 1. The number of carbonyl (C=O) groups is 1. The van der Waals surface area contributed by atoms with Gasteiger partial charge in [0.2, 0.25) is 5.91 Å². The lowest BCUT2D eigenvalue weighted by atomic mass is 9.85. The summed E-state index contributed by atoms with van der Waals surface area (Å²) in [6.45, 7) is 7.45. The van der Waals surface area contributed by atoms with Crippen LogP contribution in [0.2, 0.25) is 0 Å². The molecule has 0 radical (unpaired) electrons. The molecule has 1 aliphatic rings. The van der Waals surface area contributed by atoms with E-state index in [-0.39, 0.29) is 17.2 Å². The highest BCUT2D eigenvalue weighted by molar-refractivity contribution is 5.82. The minimum Gasteiger partial charge on any atom is -0.341 e. The molecule has 2 aromatic heterocycles. The number of piperidine rings is 1. The van der Waals surface area contributed by atoms with Crippen LogP contribution in [0.1, 0.15) is 45.4 Å². The normalized spacial score (nSPS) is 20.7. The molecular weight excluding hydrogens is 290 g/mol. The Morgan fingerprint density at radius 1 is 1.35 bits per heavy atom. The van der Waals surface area contributed by atoms with Crippen molar-refractivity contribution in [1.29, 1.82) is 0 Å². The summed E-state index contributed by atoms with van der Waals surface area (Å²) >= 11 is 0. The Bertz CT molecular complexity index is 702. The number of aromatic nitrogens is 3. The molecule has 6 heteroatoms. The first-order chi connectivity index (χ1) is 10.9. The summed E-state index contributed by atoms with van der Waals surface area (Å²) in [4.78, 5) is 14.6. The molecule has 0 spiro atoms. The molecule has 3 heterocycles. The Morgan fingerprint density at radius 3 is 2.87 bits per heavy atom. The maximum absolute atomic E-state index is 12.7. The van der Waals surface area contributed by atoms with Gasteiger partial charge >= 0.3 is 0 Å². The van der Waals surface area contributed by atoms with E-state index in [1.807, 2.05) is 54.5 Å². The number of likely N-dealkylation sites (tertiary alicyclic amines) is 1. The van der Waals surface area contributed by atoms with Crippen molar-refractivity contribution in [3.05, 3.63) is 30.2 Å². The van der Waals surface area contributed by atoms with Gasteiger partial charge in [-0.05, 0) is 30.4 Å². The van der Waals surface area contributed by atoms with Crippen LogP contribution in [0.4, 0.5) is 0 Å². The average molecular weight is 315 g/mol. The zero-order chi connectivity index (χ0) is 16.6. The smallest absolute Gasteiger partial charge is 0.240 e. The van der Waals surface area contributed by atoms with Crippen molar-refractivity contribution in [3.63, 3.8) is 0 Å². The van der Waals surface area contributed by atoms with Crippen LogP contribution in [0.25, 0.3) is 5.65 Å².